The Morgan fingerprint density at radius 3 is 2.50 bits per heavy atom. The van der Waals surface area contributed by atoms with Crippen LogP contribution in [-0.2, 0) is 4.79 Å². The van der Waals surface area contributed by atoms with Crippen molar-refractivity contribution in [3.63, 3.8) is 0 Å². The van der Waals surface area contributed by atoms with Gasteiger partial charge in [0.1, 0.15) is 0 Å². The van der Waals surface area contributed by atoms with E-state index < -0.39 is 24.1 Å². The molecule has 0 aliphatic carbocycles. The highest BCUT2D eigenvalue weighted by molar-refractivity contribution is 6.31. The smallest absolute Gasteiger partial charge is 0.331 e. The van der Waals surface area contributed by atoms with Gasteiger partial charge >= 0.3 is 12.0 Å². The SMILES string of the molecule is CC(CO)N(C)C(=O)N[C@@H](C(=O)O)c1ccccc1Cl. The fraction of sp³-hybridized carbons (Fsp3) is 0.385. The molecule has 1 aromatic carbocycles. The number of nitrogens with zero attached hydrogens (tertiary/aromatic N) is 1. The van der Waals surface area contributed by atoms with E-state index in [2.05, 4.69) is 5.32 Å². The van der Waals surface area contributed by atoms with Gasteiger partial charge in [-0.05, 0) is 13.0 Å². The minimum absolute atomic E-state index is 0.215. The molecule has 3 N–H and O–H groups in total. The Morgan fingerprint density at radius 2 is 2.00 bits per heavy atom. The summed E-state index contributed by atoms with van der Waals surface area (Å²) in [4.78, 5) is 24.5. The monoisotopic (exact) mass is 300 g/mol. The molecule has 0 aliphatic rings. The molecule has 1 rings (SSSR count). The van der Waals surface area contributed by atoms with Crippen LogP contribution >= 0.6 is 11.6 Å². The van der Waals surface area contributed by atoms with Gasteiger partial charge < -0.3 is 20.4 Å². The van der Waals surface area contributed by atoms with Crippen molar-refractivity contribution >= 4 is 23.6 Å². The van der Waals surface area contributed by atoms with Crippen molar-refractivity contribution in [2.75, 3.05) is 13.7 Å². The number of aliphatic hydroxyl groups is 1. The quantitative estimate of drug-likeness (QED) is 0.768. The van der Waals surface area contributed by atoms with E-state index in [9.17, 15) is 14.7 Å². The lowest BCUT2D eigenvalue weighted by Crippen LogP contribution is -2.46. The van der Waals surface area contributed by atoms with Gasteiger partial charge in [-0.15, -0.1) is 0 Å². The summed E-state index contributed by atoms with van der Waals surface area (Å²) in [6.45, 7) is 1.43. The van der Waals surface area contributed by atoms with Crippen LogP contribution in [0.1, 0.15) is 18.5 Å². The summed E-state index contributed by atoms with van der Waals surface area (Å²) >= 11 is 5.95. The number of amides is 2. The highest BCUT2D eigenvalue weighted by Gasteiger charge is 2.26. The maximum Gasteiger partial charge on any atom is 0.331 e. The summed E-state index contributed by atoms with van der Waals surface area (Å²) in [5, 5.41) is 20.9. The fourth-order valence-corrected chi connectivity index (χ4v) is 1.77. The Balaban J connectivity index is 2.92. The van der Waals surface area contributed by atoms with E-state index in [0.717, 1.165) is 0 Å². The van der Waals surface area contributed by atoms with Crippen LogP contribution in [0.25, 0.3) is 0 Å². The van der Waals surface area contributed by atoms with E-state index >= 15 is 0 Å². The first-order chi connectivity index (χ1) is 9.38. The molecule has 1 unspecified atom stereocenters. The third-order valence-corrected chi connectivity index (χ3v) is 3.32. The summed E-state index contributed by atoms with van der Waals surface area (Å²) in [6, 6.07) is 4.14. The zero-order valence-electron chi connectivity index (χ0n) is 11.2. The molecule has 0 bridgehead atoms. The van der Waals surface area contributed by atoms with E-state index in [1.54, 1.807) is 25.1 Å². The Kier molecular flexibility index (Phi) is 5.79. The van der Waals surface area contributed by atoms with E-state index in [-0.39, 0.29) is 11.6 Å². The molecule has 0 spiro atoms. The first-order valence-corrected chi connectivity index (χ1v) is 6.37. The van der Waals surface area contributed by atoms with Crippen molar-refractivity contribution in [2.24, 2.45) is 0 Å². The number of likely N-dealkylation sites (N-methyl/N-ethyl adjacent to an activating group) is 1. The molecule has 0 fully saturated rings. The Hall–Kier alpha value is -1.79. The van der Waals surface area contributed by atoms with Crippen molar-refractivity contribution in [3.05, 3.63) is 34.9 Å². The topological polar surface area (TPSA) is 89.9 Å². The van der Waals surface area contributed by atoms with Crippen molar-refractivity contribution in [1.82, 2.24) is 10.2 Å². The summed E-state index contributed by atoms with van der Waals surface area (Å²) in [7, 11) is 1.47. The number of carbonyl (C=O) groups excluding carboxylic acids is 1. The highest BCUT2D eigenvalue weighted by Crippen LogP contribution is 2.23. The number of nitrogens with one attached hydrogen (secondary N) is 1. The molecule has 20 heavy (non-hydrogen) atoms. The van der Waals surface area contributed by atoms with Crippen molar-refractivity contribution < 1.29 is 19.8 Å². The summed E-state index contributed by atoms with van der Waals surface area (Å²) in [5.41, 5.74) is 0.306. The number of benzene rings is 1. The van der Waals surface area contributed by atoms with Gasteiger partial charge in [-0.2, -0.15) is 0 Å². The number of carboxylic acids is 1. The predicted molar refractivity (Wildman–Crippen MR) is 74.7 cm³/mol. The lowest BCUT2D eigenvalue weighted by Gasteiger charge is -2.26. The molecule has 2 atom stereocenters. The second-order valence-electron chi connectivity index (χ2n) is 4.38. The molecule has 0 saturated carbocycles. The molecule has 1 aromatic rings. The van der Waals surface area contributed by atoms with Crippen molar-refractivity contribution in [3.8, 4) is 0 Å². The van der Waals surface area contributed by atoms with Gasteiger partial charge in [0.2, 0.25) is 0 Å². The molecule has 0 heterocycles. The van der Waals surface area contributed by atoms with Gasteiger partial charge in [0.25, 0.3) is 0 Å². The highest BCUT2D eigenvalue weighted by atomic mass is 35.5. The number of aliphatic hydroxyl groups excluding tert-OH is 1. The maximum absolute atomic E-state index is 11.9. The van der Waals surface area contributed by atoms with Crippen LogP contribution < -0.4 is 5.32 Å². The van der Waals surface area contributed by atoms with Crippen LogP contribution in [0.3, 0.4) is 0 Å². The normalized spacial score (nSPS) is 13.4. The van der Waals surface area contributed by atoms with Gasteiger partial charge in [-0.3, -0.25) is 0 Å². The molecule has 0 aromatic heterocycles. The minimum Gasteiger partial charge on any atom is -0.479 e. The first kappa shape index (κ1) is 16.3. The first-order valence-electron chi connectivity index (χ1n) is 6.00. The molecule has 6 nitrogen and oxygen atoms in total. The second-order valence-corrected chi connectivity index (χ2v) is 4.79. The number of aliphatic carboxylic acids is 1. The van der Waals surface area contributed by atoms with E-state index in [4.69, 9.17) is 16.7 Å². The number of carbonyl (C=O) groups is 2. The average Bonchev–Trinajstić information content (AvgIpc) is 2.43. The largest absolute Gasteiger partial charge is 0.479 e. The van der Waals surface area contributed by atoms with Gasteiger partial charge in [0, 0.05) is 17.6 Å². The standard InChI is InChI=1S/C13H17ClN2O4/c1-8(7-17)16(2)13(20)15-11(12(18)19)9-5-3-4-6-10(9)14/h3-6,8,11,17H,7H2,1-2H3,(H,15,20)(H,18,19)/t8?,11-/m1/s1. The minimum atomic E-state index is -1.25. The average molecular weight is 301 g/mol. The van der Waals surface area contributed by atoms with Crippen LogP contribution in [0.5, 0.6) is 0 Å². The Bertz CT molecular complexity index is 495. The zero-order chi connectivity index (χ0) is 15.3. The summed E-state index contributed by atoms with van der Waals surface area (Å²) in [5.74, 6) is -1.21. The summed E-state index contributed by atoms with van der Waals surface area (Å²) < 4.78 is 0. The molecule has 0 saturated heterocycles. The van der Waals surface area contributed by atoms with Gasteiger partial charge in [-0.1, -0.05) is 29.8 Å². The fourth-order valence-electron chi connectivity index (χ4n) is 1.53. The van der Waals surface area contributed by atoms with Crippen LogP contribution in [0.4, 0.5) is 4.79 Å². The number of carboxylic acid groups (broad SMARTS) is 1. The van der Waals surface area contributed by atoms with Gasteiger partial charge in [-0.25, -0.2) is 9.59 Å². The molecule has 110 valence electrons. The number of rotatable bonds is 5. The summed E-state index contributed by atoms with van der Waals surface area (Å²) in [6.07, 6.45) is 0. The molecule has 0 radical (unpaired) electrons. The van der Waals surface area contributed by atoms with Crippen LogP contribution in [-0.4, -0.2) is 46.8 Å². The predicted octanol–water partition coefficient (Wildman–Crippen LogP) is 1.49. The number of urea groups is 1. The van der Waals surface area contributed by atoms with Gasteiger partial charge in [0.05, 0.1) is 12.6 Å². The molecule has 2 amide bonds. The van der Waals surface area contributed by atoms with Crippen LogP contribution in [0.15, 0.2) is 24.3 Å². The number of halogens is 1. The van der Waals surface area contributed by atoms with Crippen LogP contribution in [0, 0.1) is 0 Å². The lowest BCUT2D eigenvalue weighted by molar-refractivity contribution is -0.139. The van der Waals surface area contributed by atoms with Crippen molar-refractivity contribution in [2.45, 2.75) is 19.0 Å². The van der Waals surface area contributed by atoms with E-state index in [0.29, 0.717) is 5.56 Å². The Labute approximate surface area is 122 Å². The zero-order valence-corrected chi connectivity index (χ0v) is 12.0. The van der Waals surface area contributed by atoms with Crippen LogP contribution in [0.2, 0.25) is 5.02 Å². The van der Waals surface area contributed by atoms with Crippen molar-refractivity contribution in [1.29, 1.82) is 0 Å². The Morgan fingerprint density at radius 1 is 1.40 bits per heavy atom. The third-order valence-electron chi connectivity index (χ3n) is 2.98. The van der Waals surface area contributed by atoms with Gasteiger partial charge in [0.15, 0.2) is 6.04 Å². The second kappa shape index (κ2) is 7.12. The molecule has 7 heteroatoms. The molecule has 0 aliphatic heterocycles. The molecular formula is C13H17ClN2O4. The number of hydrogen-bond donors (Lipinski definition) is 3. The van der Waals surface area contributed by atoms with E-state index in [1.165, 1.54) is 18.0 Å². The maximum atomic E-state index is 11.9. The third kappa shape index (κ3) is 3.85. The molecular weight excluding hydrogens is 284 g/mol. The van der Waals surface area contributed by atoms with E-state index in [1.807, 2.05) is 0 Å². The number of hydrogen-bond acceptors (Lipinski definition) is 3. The lowest BCUT2D eigenvalue weighted by atomic mass is 10.1.